The number of hydrogen-bond donors (Lipinski definition) is 2. The predicted molar refractivity (Wildman–Crippen MR) is 68.3 cm³/mol. The largest absolute Gasteiger partial charge is 0.481 e. The summed E-state index contributed by atoms with van der Waals surface area (Å²) in [5.41, 5.74) is 3.82. The lowest BCUT2D eigenvalue weighted by Crippen LogP contribution is -2.38. The summed E-state index contributed by atoms with van der Waals surface area (Å²) in [7, 11) is 0. The quantitative estimate of drug-likeness (QED) is 0.817. The molecule has 0 heterocycles. The number of alkyl halides is 3. The third kappa shape index (κ3) is 2.46. The lowest BCUT2D eigenvalue weighted by Gasteiger charge is -2.34. The van der Waals surface area contributed by atoms with Crippen LogP contribution in [0.4, 0.5) is 18.9 Å². The van der Waals surface area contributed by atoms with Crippen LogP contribution in [0.3, 0.4) is 0 Å². The Morgan fingerprint density at radius 3 is 2.30 bits per heavy atom. The van der Waals surface area contributed by atoms with Crippen LogP contribution in [0.15, 0.2) is 18.2 Å². The van der Waals surface area contributed by atoms with Gasteiger partial charge in [-0.25, -0.2) is 0 Å². The van der Waals surface area contributed by atoms with Gasteiger partial charge in [-0.15, -0.1) is 0 Å². The molecule has 2 rings (SSSR count). The Bertz CT molecular complexity index is 520. The van der Waals surface area contributed by atoms with E-state index in [-0.39, 0.29) is 11.3 Å². The average Bonchev–Trinajstić information content (AvgIpc) is 2.38. The Balaban J connectivity index is 2.56. The van der Waals surface area contributed by atoms with Crippen molar-refractivity contribution in [1.82, 2.24) is 0 Å². The molecule has 1 aliphatic carbocycles. The summed E-state index contributed by atoms with van der Waals surface area (Å²) < 4.78 is 38.4. The highest BCUT2D eigenvalue weighted by atomic mass is 19.4. The number of aliphatic carboxylic acids is 1. The van der Waals surface area contributed by atoms with Gasteiger partial charge in [-0.3, -0.25) is 4.79 Å². The van der Waals surface area contributed by atoms with Crippen molar-refractivity contribution in [3.63, 3.8) is 0 Å². The van der Waals surface area contributed by atoms with E-state index in [1.165, 1.54) is 0 Å². The molecule has 20 heavy (non-hydrogen) atoms. The van der Waals surface area contributed by atoms with Crippen LogP contribution in [0.1, 0.15) is 43.2 Å². The molecule has 0 atom stereocenters. The van der Waals surface area contributed by atoms with Gasteiger partial charge in [0, 0.05) is 5.69 Å². The lowest BCUT2D eigenvalue weighted by molar-refractivity contribution is -0.145. The fraction of sp³-hybridized carbons (Fsp3) is 0.500. The molecule has 1 aromatic rings. The maximum atomic E-state index is 12.8. The molecular weight excluding hydrogens is 271 g/mol. The number of halogens is 3. The Hall–Kier alpha value is -1.72. The fourth-order valence-electron chi connectivity index (χ4n) is 2.90. The molecule has 0 aliphatic heterocycles. The van der Waals surface area contributed by atoms with Gasteiger partial charge in [0.05, 0.1) is 11.0 Å². The number of carboxylic acid groups (broad SMARTS) is 1. The van der Waals surface area contributed by atoms with Crippen LogP contribution in [-0.4, -0.2) is 11.1 Å². The van der Waals surface area contributed by atoms with Crippen molar-refractivity contribution in [2.75, 3.05) is 5.73 Å². The predicted octanol–water partition coefficient (Wildman–Crippen LogP) is 3.57. The van der Waals surface area contributed by atoms with E-state index in [9.17, 15) is 23.1 Å². The van der Waals surface area contributed by atoms with Crippen molar-refractivity contribution in [3.05, 3.63) is 29.3 Å². The number of anilines is 1. The molecule has 1 aromatic carbocycles. The zero-order chi connectivity index (χ0) is 15.0. The van der Waals surface area contributed by atoms with Crippen molar-refractivity contribution in [2.45, 2.75) is 43.7 Å². The number of nitrogen functional groups attached to an aromatic ring is 1. The van der Waals surface area contributed by atoms with Crippen LogP contribution >= 0.6 is 0 Å². The van der Waals surface area contributed by atoms with Crippen molar-refractivity contribution < 1.29 is 23.1 Å². The molecule has 1 fully saturated rings. The van der Waals surface area contributed by atoms with Crippen molar-refractivity contribution in [1.29, 1.82) is 0 Å². The smallest absolute Gasteiger partial charge is 0.416 e. The van der Waals surface area contributed by atoms with Gasteiger partial charge in [0.1, 0.15) is 0 Å². The van der Waals surface area contributed by atoms with E-state index in [4.69, 9.17) is 5.73 Å². The molecule has 0 radical (unpaired) electrons. The van der Waals surface area contributed by atoms with Crippen molar-refractivity contribution in [2.24, 2.45) is 0 Å². The molecule has 6 heteroatoms. The van der Waals surface area contributed by atoms with Crippen molar-refractivity contribution in [3.8, 4) is 0 Å². The number of nitrogens with two attached hydrogens (primary N) is 1. The minimum absolute atomic E-state index is 0.0968. The van der Waals surface area contributed by atoms with E-state index in [0.717, 1.165) is 24.6 Å². The van der Waals surface area contributed by atoms with Gasteiger partial charge in [-0.2, -0.15) is 13.2 Å². The third-order valence-corrected chi connectivity index (χ3v) is 4.01. The summed E-state index contributed by atoms with van der Waals surface area (Å²) >= 11 is 0. The zero-order valence-corrected chi connectivity index (χ0v) is 10.8. The zero-order valence-electron chi connectivity index (χ0n) is 10.8. The SMILES string of the molecule is Nc1ccc(C(F)(F)F)cc1C1(C(=O)O)CCCCC1. The monoisotopic (exact) mass is 287 g/mol. The molecular formula is C14H16F3NO2. The first kappa shape index (κ1) is 14.7. The number of benzene rings is 1. The summed E-state index contributed by atoms with van der Waals surface area (Å²) in [4.78, 5) is 11.7. The van der Waals surface area contributed by atoms with Gasteiger partial charge >= 0.3 is 12.1 Å². The number of rotatable bonds is 2. The van der Waals surface area contributed by atoms with Crippen LogP contribution in [0, 0.1) is 0 Å². The van der Waals surface area contributed by atoms with Gasteiger partial charge in [0.25, 0.3) is 0 Å². The van der Waals surface area contributed by atoms with Crippen LogP contribution < -0.4 is 5.73 Å². The highest BCUT2D eigenvalue weighted by Gasteiger charge is 2.44. The summed E-state index contributed by atoms with van der Waals surface area (Å²) in [5.74, 6) is -1.09. The second-order valence-electron chi connectivity index (χ2n) is 5.25. The van der Waals surface area contributed by atoms with E-state index in [1.807, 2.05) is 0 Å². The van der Waals surface area contributed by atoms with Crippen LogP contribution in [0.5, 0.6) is 0 Å². The molecule has 0 amide bonds. The van der Waals surface area contributed by atoms with Gasteiger partial charge in [0.2, 0.25) is 0 Å². The molecule has 0 spiro atoms. The Morgan fingerprint density at radius 2 is 1.80 bits per heavy atom. The van der Waals surface area contributed by atoms with E-state index in [2.05, 4.69) is 0 Å². The van der Waals surface area contributed by atoms with Crippen LogP contribution in [0.25, 0.3) is 0 Å². The van der Waals surface area contributed by atoms with E-state index in [1.54, 1.807) is 0 Å². The molecule has 1 saturated carbocycles. The molecule has 0 saturated heterocycles. The summed E-state index contributed by atoms with van der Waals surface area (Å²) in [6.07, 6.45) is -1.59. The lowest BCUT2D eigenvalue weighted by atomic mass is 9.68. The standard InChI is InChI=1S/C14H16F3NO2/c15-14(16,17)9-4-5-11(18)10(8-9)13(12(19)20)6-2-1-3-7-13/h4-5,8H,1-3,6-7,18H2,(H,19,20). The molecule has 0 bridgehead atoms. The first-order chi connectivity index (χ1) is 9.27. The maximum Gasteiger partial charge on any atom is 0.416 e. The minimum Gasteiger partial charge on any atom is -0.481 e. The van der Waals surface area contributed by atoms with Gasteiger partial charge in [-0.05, 0) is 36.6 Å². The molecule has 1 aliphatic rings. The normalized spacial score (nSPS) is 18.8. The third-order valence-electron chi connectivity index (χ3n) is 4.01. The molecule has 3 N–H and O–H groups in total. The Labute approximate surface area is 114 Å². The van der Waals surface area contributed by atoms with Gasteiger partial charge < -0.3 is 10.8 Å². The average molecular weight is 287 g/mol. The van der Waals surface area contributed by atoms with Crippen LogP contribution in [-0.2, 0) is 16.4 Å². The Morgan fingerprint density at radius 1 is 1.20 bits per heavy atom. The summed E-state index contributed by atoms with van der Waals surface area (Å²) in [6, 6.07) is 2.93. The topological polar surface area (TPSA) is 63.3 Å². The van der Waals surface area contributed by atoms with E-state index < -0.39 is 23.1 Å². The fourth-order valence-corrected chi connectivity index (χ4v) is 2.90. The molecule has 0 aromatic heterocycles. The first-order valence-corrected chi connectivity index (χ1v) is 6.48. The molecule has 3 nitrogen and oxygen atoms in total. The maximum absolute atomic E-state index is 12.8. The number of hydrogen-bond acceptors (Lipinski definition) is 2. The number of carbonyl (C=O) groups is 1. The van der Waals surface area contributed by atoms with E-state index in [0.29, 0.717) is 25.7 Å². The van der Waals surface area contributed by atoms with Gasteiger partial charge in [-0.1, -0.05) is 19.3 Å². The molecule has 110 valence electrons. The second kappa shape index (κ2) is 5.00. The van der Waals surface area contributed by atoms with Crippen molar-refractivity contribution >= 4 is 11.7 Å². The molecule has 0 unspecified atom stereocenters. The Kier molecular flexibility index (Phi) is 3.67. The first-order valence-electron chi connectivity index (χ1n) is 6.48. The number of carboxylic acids is 1. The van der Waals surface area contributed by atoms with Gasteiger partial charge in [0.15, 0.2) is 0 Å². The van der Waals surface area contributed by atoms with E-state index >= 15 is 0 Å². The summed E-state index contributed by atoms with van der Waals surface area (Å²) in [6.45, 7) is 0. The summed E-state index contributed by atoms with van der Waals surface area (Å²) in [5, 5.41) is 9.52. The second-order valence-corrected chi connectivity index (χ2v) is 5.25. The minimum atomic E-state index is -4.50. The highest BCUT2D eigenvalue weighted by molar-refractivity contribution is 5.84. The van der Waals surface area contributed by atoms with Crippen LogP contribution in [0.2, 0.25) is 0 Å². The highest BCUT2D eigenvalue weighted by Crippen LogP contribution is 2.44.